The van der Waals surface area contributed by atoms with Crippen molar-refractivity contribution in [3.8, 4) is 11.5 Å². The predicted molar refractivity (Wildman–Crippen MR) is 111 cm³/mol. The van der Waals surface area contributed by atoms with Gasteiger partial charge in [0.2, 0.25) is 0 Å². The summed E-state index contributed by atoms with van der Waals surface area (Å²) in [7, 11) is 0. The highest BCUT2D eigenvalue weighted by molar-refractivity contribution is 5.97. The average molecular weight is 375 g/mol. The van der Waals surface area contributed by atoms with Crippen molar-refractivity contribution in [2.24, 2.45) is 0 Å². The van der Waals surface area contributed by atoms with Gasteiger partial charge < -0.3 is 14.8 Å². The molecule has 1 amide bonds. The van der Waals surface area contributed by atoms with Gasteiger partial charge in [-0.05, 0) is 43.2 Å². The Bertz CT molecular complexity index is 908. The van der Waals surface area contributed by atoms with Gasteiger partial charge in [0.1, 0.15) is 24.7 Å². The molecule has 3 aromatic carbocycles. The van der Waals surface area contributed by atoms with Crippen molar-refractivity contribution in [3.05, 3.63) is 95.6 Å². The first-order chi connectivity index (χ1) is 13.6. The van der Waals surface area contributed by atoms with E-state index in [2.05, 4.69) is 5.32 Å². The molecule has 0 fully saturated rings. The van der Waals surface area contributed by atoms with Crippen LogP contribution in [0.2, 0.25) is 0 Å². The van der Waals surface area contributed by atoms with E-state index in [9.17, 15) is 4.79 Å². The summed E-state index contributed by atoms with van der Waals surface area (Å²) < 4.78 is 11.7. The molecule has 0 heterocycles. The highest BCUT2D eigenvalue weighted by Gasteiger charge is 2.15. The van der Waals surface area contributed by atoms with Gasteiger partial charge in [-0.15, -0.1) is 0 Å². The Kier molecular flexibility index (Phi) is 6.68. The molecule has 1 N–H and O–H groups in total. The molecule has 0 bridgehead atoms. The third-order valence-corrected chi connectivity index (χ3v) is 4.33. The molecule has 4 heteroatoms. The molecule has 3 rings (SSSR count). The van der Waals surface area contributed by atoms with Gasteiger partial charge in [0.05, 0.1) is 11.6 Å². The molecule has 0 aliphatic heterocycles. The maximum absolute atomic E-state index is 12.7. The van der Waals surface area contributed by atoms with Gasteiger partial charge in [-0.3, -0.25) is 4.79 Å². The summed E-state index contributed by atoms with van der Waals surface area (Å²) in [6.45, 7) is 4.73. The van der Waals surface area contributed by atoms with Gasteiger partial charge in [-0.2, -0.15) is 0 Å². The molecule has 0 aliphatic rings. The molecule has 0 aromatic heterocycles. The number of nitrogens with one attached hydrogen (secondary N) is 1. The molecule has 4 nitrogen and oxygen atoms in total. The van der Waals surface area contributed by atoms with E-state index in [0.717, 1.165) is 16.9 Å². The Labute approximate surface area is 166 Å². The number of carbonyl (C=O) groups is 1. The molecular formula is C24H25NO3. The molecule has 0 unspecified atom stereocenters. The topological polar surface area (TPSA) is 47.6 Å². The van der Waals surface area contributed by atoms with Crippen LogP contribution in [-0.2, 0) is 6.61 Å². The molecule has 28 heavy (non-hydrogen) atoms. The third-order valence-electron chi connectivity index (χ3n) is 4.33. The summed E-state index contributed by atoms with van der Waals surface area (Å²) in [5.74, 6) is 1.22. The zero-order valence-corrected chi connectivity index (χ0v) is 16.2. The lowest BCUT2D eigenvalue weighted by molar-refractivity contribution is 0.0922. The summed E-state index contributed by atoms with van der Waals surface area (Å²) in [5, 5.41) is 2.98. The van der Waals surface area contributed by atoms with Crippen LogP contribution >= 0.6 is 0 Å². The maximum atomic E-state index is 12.7. The van der Waals surface area contributed by atoms with Crippen molar-refractivity contribution in [2.75, 3.05) is 6.61 Å². The second-order valence-corrected chi connectivity index (χ2v) is 6.72. The standard InChI is InChI=1S/C24H25NO3/c1-18-10-6-8-14-22(18)27-16-19(2)25-24(26)21-13-7-9-15-23(21)28-17-20-11-4-3-5-12-20/h3-15,19H,16-17H2,1-2H3,(H,25,26)/t19-/m0/s1. The zero-order valence-electron chi connectivity index (χ0n) is 16.2. The Morgan fingerprint density at radius 2 is 1.50 bits per heavy atom. The molecule has 3 aromatic rings. The van der Waals surface area contributed by atoms with E-state index in [1.807, 2.05) is 86.6 Å². The lowest BCUT2D eigenvalue weighted by Gasteiger charge is -2.17. The summed E-state index contributed by atoms with van der Waals surface area (Å²) in [6.07, 6.45) is 0. The van der Waals surface area contributed by atoms with Crippen molar-refractivity contribution >= 4 is 5.91 Å². The van der Waals surface area contributed by atoms with Crippen LogP contribution in [-0.4, -0.2) is 18.6 Å². The Morgan fingerprint density at radius 3 is 2.25 bits per heavy atom. The van der Waals surface area contributed by atoms with Crippen molar-refractivity contribution in [3.63, 3.8) is 0 Å². The molecule has 0 saturated heterocycles. The zero-order chi connectivity index (χ0) is 19.8. The van der Waals surface area contributed by atoms with Crippen LogP contribution in [0.25, 0.3) is 0 Å². The number of hydrogen-bond acceptors (Lipinski definition) is 3. The lowest BCUT2D eigenvalue weighted by Crippen LogP contribution is -2.37. The number of aryl methyl sites for hydroxylation is 1. The number of benzene rings is 3. The van der Waals surface area contributed by atoms with Gasteiger partial charge in [0, 0.05) is 0 Å². The number of rotatable bonds is 8. The highest BCUT2D eigenvalue weighted by atomic mass is 16.5. The fourth-order valence-corrected chi connectivity index (χ4v) is 2.79. The number of hydrogen-bond donors (Lipinski definition) is 1. The van der Waals surface area contributed by atoms with E-state index in [0.29, 0.717) is 24.5 Å². The van der Waals surface area contributed by atoms with Gasteiger partial charge in [-0.25, -0.2) is 0 Å². The van der Waals surface area contributed by atoms with Gasteiger partial charge >= 0.3 is 0 Å². The summed E-state index contributed by atoms with van der Waals surface area (Å²) in [4.78, 5) is 12.7. The summed E-state index contributed by atoms with van der Waals surface area (Å²) in [6, 6.07) is 24.8. The first-order valence-electron chi connectivity index (χ1n) is 9.38. The fraction of sp³-hybridized carbons (Fsp3) is 0.208. The Balaban J connectivity index is 1.58. The minimum Gasteiger partial charge on any atom is -0.491 e. The molecule has 0 saturated carbocycles. The predicted octanol–water partition coefficient (Wildman–Crippen LogP) is 4.77. The average Bonchev–Trinajstić information content (AvgIpc) is 2.72. The van der Waals surface area contributed by atoms with Crippen LogP contribution in [0.1, 0.15) is 28.4 Å². The van der Waals surface area contributed by atoms with Crippen LogP contribution in [0.3, 0.4) is 0 Å². The molecule has 1 atom stereocenters. The molecule has 0 spiro atoms. The number of ether oxygens (including phenoxy) is 2. The first kappa shape index (κ1) is 19.5. The van der Waals surface area contributed by atoms with Crippen LogP contribution in [0.5, 0.6) is 11.5 Å². The summed E-state index contributed by atoms with van der Waals surface area (Å²) >= 11 is 0. The number of amides is 1. The number of para-hydroxylation sites is 2. The van der Waals surface area contributed by atoms with Crippen molar-refractivity contribution in [1.82, 2.24) is 5.32 Å². The SMILES string of the molecule is Cc1ccccc1OC[C@H](C)NC(=O)c1ccccc1OCc1ccccc1. The van der Waals surface area contributed by atoms with Gasteiger partial charge in [0.15, 0.2) is 0 Å². The minimum atomic E-state index is -0.176. The minimum absolute atomic E-state index is 0.144. The van der Waals surface area contributed by atoms with E-state index in [4.69, 9.17) is 9.47 Å². The van der Waals surface area contributed by atoms with Gasteiger partial charge in [0.25, 0.3) is 5.91 Å². The van der Waals surface area contributed by atoms with E-state index < -0.39 is 0 Å². The quantitative estimate of drug-likeness (QED) is 0.617. The van der Waals surface area contributed by atoms with Crippen molar-refractivity contribution in [1.29, 1.82) is 0 Å². The van der Waals surface area contributed by atoms with E-state index in [-0.39, 0.29) is 11.9 Å². The second-order valence-electron chi connectivity index (χ2n) is 6.72. The third kappa shape index (κ3) is 5.36. The summed E-state index contributed by atoms with van der Waals surface area (Å²) in [5.41, 5.74) is 2.64. The normalized spacial score (nSPS) is 11.5. The van der Waals surface area contributed by atoms with Gasteiger partial charge in [-0.1, -0.05) is 60.7 Å². The van der Waals surface area contributed by atoms with Crippen LogP contribution in [0, 0.1) is 6.92 Å². The molecule has 0 aliphatic carbocycles. The second kappa shape index (κ2) is 9.60. The van der Waals surface area contributed by atoms with E-state index in [1.165, 1.54) is 0 Å². The van der Waals surface area contributed by atoms with E-state index >= 15 is 0 Å². The van der Waals surface area contributed by atoms with Crippen molar-refractivity contribution in [2.45, 2.75) is 26.5 Å². The molecule has 0 radical (unpaired) electrons. The van der Waals surface area contributed by atoms with Crippen LogP contribution in [0.15, 0.2) is 78.9 Å². The van der Waals surface area contributed by atoms with Crippen LogP contribution in [0.4, 0.5) is 0 Å². The molecule has 144 valence electrons. The molecular weight excluding hydrogens is 350 g/mol. The van der Waals surface area contributed by atoms with Crippen molar-refractivity contribution < 1.29 is 14.3 Å². The smallest absolute Gasteiger partial charge is 0.255 e. The highest BCUT2D eigenvalue weighted by Crippen LogP contribution is 2.20. The van der Waals surface area contributed by atoms with Crippen LogP contribution < -0.4 is 14.8 Å². The maximum Gasteiger partial charge on any atom is 0.255 e. The first-order valence-corrected chi connectivity index (χ1v) is 9.38. The largest absolute Gasteiger partial charge is 0.491 e. The number of carbonyl (C=O) groups excluding carboxylic acids is 1. The monoisotopic (exact) mass is 375 g/mol. The van der Waals surface area contributed by atoms with E-state index in [1.54, 1.807) is 6.07 Å². The lowest BCUT2D eigenvalue weighted by atomic mass is 10.1. The Morgan fingerprint density at radius 1 is 0.857 bits per heavy atom. The Hall–Kier alpha value is -3.27. The fourth-order valence-electron chi connectivity index (χ4n) is 2.79.